The predicted molar refractivity (Wildman–Crippen MR) is 201 cm³/mol. The summed E-state index contributed by atoms with van der Waals surface area (Å²) in [6.07, 6.45) is 6.37. The Labute approximate surface area is 286 Å². The van der Waals surface area contributed by atoms with Crippen molar-refractivity contribution >= 4 is 22.0 Å². The van der Waals surface area contributed by atoms with Crippen LogP contribution in [0.25, 0.3) is 67.3 Å². The smallest absolute Gasteiger partial charge is 0.164 e. The van der Waals surface area contributed by atoms with E-state index >= 15 is 0 Å². The number of fused-ring (bicyclic) bond motifs is 2. The molecular weight excluding hydrogens is 597 g/mol. The molecule has 5 aromatic carbocycles. The second-order valence-corrected chi connectivity index (χ2v) is 13.4. The fourth-order valence-electron chi connectivity index (χ4n) is 7.48. The minimum atomic E-state index is -0.0733. The molecule has 0 spiro atoms. The van der Waals surface area contributed by atoms with Crippen molar-refractivity contribution in [3.05, 3.63) is 168 Å². The molecule has 4 nitrogen and oxygen atoms in total. The molecule has 234 valence electrons. The van der Waals surface area contributed by atoms with Gasteiger partial charge in [0.15, 0.2) is 17.5 Å². The number of allylic oxidation sites excluding steroid dienone is 4. The lowest BCUT2D eigenvalue weighted by Gasteiger charge is -2.35. The molecule has 2 aliphatic carbocycles. The van der Waals surface area contributed by atoms with Crippen molar-refractivity contribution in [3.63, 3.8) is 0 Å². The zero-order chi connectivity index (χ0) is 33.0. The van der Waals surface area contributed by atoms with Gasteiger partial charge < -0.3 is 0 Å². The highest BCUT2D eigenvalue weighted by Gasteiger charge is 2.33. The number of rotatable bonds is 5. The standard InChI is InChI=1S/C45H34N4/c1-45(2)37-20-10-9-19-35(37)36-28-40(46-39-22-12-21-38(45)41(36)39)30-25-23-29(24-26-30)33-17-11-18-34(27-33)44-48-42(31-13-5-3-6-14-31)47-43(49-44)32-15-7-4-8-16-32/h3-23,25,27-28H,24,26H2,1-2H3. The van der Waals surface area contributed by atoms with Crippen LogP contribution in [0.1, 0.15) is 49.1 Å². The Hall–Kier alpha value is -6.00. The molecule has 0 amide bonds. The van der Waals surface area contributed by atoms with Crippen LogP contribution in [0.4, 0.5) is 0 Å². The highest BCUT2D eigenvalue weighted by atomic mass is 15.0. The van der Waals surface area contributed by atoms with Crippen LogP contribution in [-0.2, 0) is 5.41 Å². The molecule has 0 N–H and O–H groups in total. The Balaban J connectivity index is 1.09. The maximum Gasteiger partial charge on any atom is 0.164 e. The minimum absolute atomic E-state index is 0.0733. The van der Waals surface area contributed by atoms with E-state index in [1.807, 2.05) is 60.7 Å². The van der Waals surface area contributed by atoms with Crippen molar-refractivity contribution in [1.29, 1.82) is 0 Å². The van der Waals surface area contributed by atoms with Gasteiger partial charge in [-0.3, -0.25) is 0 Å². The average molecular weight is 631 g/mol. The van der Waals surface area contributed by atoms with E-state index < -0.39 is 0 Å². The number of hydrogen-bond acceptors (Lipinski definition) is 4. The fourth-order valence-corrected chi connectivity index (χ4v) is 7.48. The van der Waals surface area contributed by atoms with Crippen LogP contribution in [0.5, 0.6) is 0 Å². The predicted octanol–water partition coefficient (Wildman–Crippen LogP) is 11.0. The van der Waals surface area contributed by atoms with Crippen molar-refractivity contribution < 1.29 is 0 Å². The molecule has 0 saturated carbocycles. The lowest BCUT2D eigenvalue weighted by molar-refractivity contribution is 0.645. The molecule has 0 bridgehead atoms. The molecule has 9 rings (SSSR count). The quantitative estimate of drug-likeness (QED) is 0.190. The number of pyridine rings is 1. The van der Waals surface area contributed by atoms with Crippen molar-refractivity contribution in [2.24, 2.45) is 0 Å². The van der Waals surface area contributed by atoms with Gasteiger partial charge in [-0.2, -0.15) is 0 Å². The molecular formula is C45H34N4. The number of benzene rings is 5. The van der Waals surface area contributed by atoms with E-state index in [2.05, 4.69) is 98.8 Å². The van der Waals surface area contributed by atoms with Gasteiger partial charge in [0.05, 0.1) is 11.2 Å². The Morgan fingerprint density at radius 1 is 0.449 bits per heavy atom. The second kappa shape index (κ2) is 11.6. The first-order valence-electron chi connectivity index (χ1n) is 16.9. The van der Waals surface area contributed by atoms with Crippen molar-refractivity contribution in [1.82, 2.24) is 19.9 Å². The SMILES string of the molecule is CC1(C)c2ccccc2-c2cc(C3=CC=C(c4cccc(-c5nc(-c6ccccc6)nc(-c6ccccc6)n5)c4)CC3)nc3cccc1c23. The van der Waals surface area contributed by atoms with E-state index in [1.165, 1.54) is 44.3 Å². The third-order valence-corrected chi connectivity index (χ3v) is 10.1. The molecule has 0 atom stereocenters. The van der Waals surface area contributed by atoms with Crippen molar-refractivity contribution in [2.75, 3.05) is 0 Å². The summed E-state index contributed by atoms with van der Waals surface area (Å²) in [4.78, 5) is 20.0. The number of aromatic nitrogens is 4. The van der Waals surface area contributed by atoms with Gasteiger partial charge >= 0.3 is 0 Å². The second-order valence-electron chi connectivity index (χ2n) is 13.4. The normalized spacial score (nSPS) is 14.6. The monoisotopic (exact) mass is 630 g/mol. The number of nitrogens with zero attached hydrogens (tertiary/aromatic N) is 4. The molecule has 0 aliphatic heterocycles. The van der Waals surface area contributed by atoms with Gasteiger partial charge in [-0.1, -0.05) is 141 Å². The zero-order valence-corrected chi connectivity index (χ0v) is 27.6. The molecule has 0 radical (unpaired) electrons. The first-order valence-corrected chi connectivity index (χ1v) is 16.9. The lowest BCUT2D eigenvalue weighted by atomic mass is 9.69. The van der Waals surface area contributed by atoms with Gasteiger partial charge in [-0.05, 0) is 70.0 Å². The van der Waals surface area contributed by atoms with Gasteiger partial charge in [0.2, 0.25) is 0 Å². The Morgan fingerprint density at radius 3 is 1.69 bits per heavy atom. The molecule has 0 unspecified atom stereocenters. The van der Waals surface area contributed by atoms with E-state index in [0.717, 1.165) is 40.7 Å². The third-order valence-electron chi connectivity index (χ3n) is 10.1. The fraction of sp³-hybridized carbons (Fsp3) is 0.111. The van der Waals surface area contributed by atoms with Crippen LogP contribution < -0.4 is 0 Å². The first kappa shape index (κ1) is 29.2. The van der Waals surface area contributed by atoms with Crippen LogP contribution in [0.3, 0.4) is 0 Å². The minimum Gasteiger partial charge on any atom is -0.248 e. The van der Waals surface area contributed by atoms with Gasteiger partial charge in [-0.25, -0.2) is 19.9 Å². The van der Waals surface area contributed by atoms with E-state index in [0.29, 0.717) is 17.5 Å². The Bertz CT molecular complexity index is 2400. The van der Waals surface area contributed by atoms with Crippen LogP contribution in [0, 0.1) is 0 Å². The highest BCUT2D eigenvalue weighted by Crippen LogP contribution is 2.49. The zero-order valence-electron chi connectivity index (χ0n) is 27.6. The van der Waals surface area contributed by atoms with E-state index in [9.17, 15) is 0 Å². The van der Waals surface area contributed by atoms with Crippen LogP contribution >= 0.6 is 0 Å². The summed E-state index contributed by atoms with van der Waals surface area (Å²) >= 11 is 0. The summed E-state index contributed by atoms with van der Waals surface area (Å²) in [5, 5.41) is 1.28. The van der Waals surface area contributed by atoms with Gasteiger partial charge in [-0.15, -0.1) is 0 Å². The number of hydrogen-bond donors (Lipinski definition) is 0. The summed E-state index contributed by atoms with van der Waals surface area (Å²) < 4.78 is 0. The van der Waals surface area contributed by atoms with Gasteiger partial charge in [0.25, 0.3) is 0 Å². The average Bonchev–Trinajstić information content (AvgIpc) is 3.17. The molecule has 7 aromatic rings. The maximum atomic E-state index is 5.24. The van der Waals surface area contributed by atoms with Crippen LogP contribution in [-0.4, -0.2) is 19.9 Å². The Kier molecular flexibility index (Phi) is 6.91. The molecule has 0 fully saturated rings. The van der Waals surface area contributed by atoms with Gasteiger partial charge in [0, 0.05) is 27.5 Å². The highest BCUT2D eigenvalue weighted by molar-refractivity contribution is 6.02. The molecule has 49 heavy (non-hydrogen) atoms. The molecule has 0 saturated heterocycles. The summed E-state index contributed by atoms with van der Waals surface area (Å²) in [5.41, 5.74) is 14.0. The molecule has 4 heteroatoms. The van der Waals surface area contributed by atoms with Gasteiger partial charge in [0.1, 0.15) is 0 Å². The topological polar surface area (TPSA) is 51.6 Å². The maximum absolute atomic E-state index is 5.24. The van der Waals surface area contributed by atoms with E-state index in [-0.39, 0.29) is 5.41 Å². The molecule has 2 aromatic heterocycles. The van der Waals surface area contributed by atoms with E-state index in [1.54, 1.807) is 0 Å². The summed E-state index contributed by atoms with van der Waals surface area (Å²) in [7, 11) is 0. The van der Waals surface area contributed by atoms with E-state index in [4.69, 9.17) is 19.9 Å². The van der Waals surface area contributed by atoms with Crippen LogP contribution in [0.2, 0.25) is 0 Å². The third kappa shape index (κ3) is 5.08. The van der Waals surface area contributed by atoms with Crippen molar-refractivity contribution in [2.45, 2.75) is 32.1 Å². The molecule has 2 heterocycles. The van der Waals surface area contributed by atoms with Crippen molar-refractivity contribution in [3.8, 4) is 45.3 Å². The first-order chi connectivity index (χ1) is 24.0. The Morgan fingerprint density at radius 2 is 1.00 bits per heavy atom. The summed E-state index contributed by atoms with van der Waals surface area (Å²) in [6.45, 7) is 4.65. The van der Waals surface area contributed by atoms with Crippen LogP contribution in [0.15, 0.2) is 146 Å². The summed E-state index contributed by atoms with van der Waals surface area (Å²) in [5.74, 6) is 2.00. The lowest BCUT2D eigenvalue weighted by Crippen LogP contribution is -2.23. The largest absolute Gasteiger partial charge is 0.248 e. The summed E-state index contributed by atoms with van der Waals surface area (Å²) in [6, 6.07) is 46.6. The molecule has 2 aliphatic rings.